The van der Waals surface area contributed by atoms with Crippen molar-refractivity contribution in [3.63, 3.8) is 0 Å². The predicted molar refractivity (Wildman–Crippen MR) is 68.7 cm³/mol. The molecule has 0 aliphatic rings. The van der Waals surface area contributed by atoms with E-state index in [2.05, 4.69) is 54.3 Å². The number of imidazole rings is 1. The molecule has 90 valence electrons. The normalized spacial score (nSPS) is 11.8. The van der Waals surface area contributed by atoms with E-state index in [1.165, 1.54) is 0 Å². The Hall–Kier alpha value is -1.29. The van der Waals surface area contributed by atoms with Gasteiger partial charge in [-0.2, -0.15) is 0 Å². The molecule has 0 spiro atoms. The molecule has 1 N–H and O–H groups in total. The summed E-state index contributed by atoms with van der Waals surface area (Å²) < 4.78 is 2.13. The molecular formula is C12H22N4. The zero-order chi connectivity index (χ0) is 12.2. The molecule has 0 bridgehead atoms. The maximum Gasteiger partial charge on any atom is 0.203 e. The predicted octanol–water partition coefficient (Wildman–Crippen LogP) is 1.82. The van der Waals surface area contributed by atoms with Crippen LogP contribution in [0.2, 0.25) is 0 Å². The summed E-state index contributed by atoms with van der Waals surface area (Å²) in [6.07, 6.45) is 5.64. The van der Waals surface area contributed by atoms with Crippen LogP contribution in [0.5, 0.6) is 0 Å². The van der Waals surface area contributed by atoms with Gasteiger partial charge in [0.25, 0.3) is 0 Å². The van der Waals surface area contributed by atoms with Gasteiger partial charge in [-0.3, -0.25) is 0 Å². The fraction of sp³-hybridized carbons (Fsp3) is 0.583. The maximum absolute atomic E-state index is 4.28. The Labute approximate surface area is 98.0 Å². The van der Waals surface area contributed by atoms with Gasteiger partial charge in [0, 0.05) is 31.0 Å². The number of rotatable bonds is 6. The lowest BCUT2D eigenvalue weighted by Crippen LogP contribution is -2.42. The van der Waals surface area contributed by atoms with E-state index in [0.717, 1.165) is 19.0 Å². The summed E-state index contributed by atoms with van der Waals surface area (Å²) in [7, 11) is 4.18. The average molecular weight is 222 g/mol. The Kier molecular flexibility index (Phi) is 4.12. The summed E-state index contributed by atoms with van der Waals surface area (Å²) in [5.74, 6) is 0.898. The van der Waals surface area contributed by atoms with Gasteiger partial charge in [0.05, 0.1) is 0 Å². The molecule has 4 nitrogen and oxygen atoms in total. The molecule has 0 saturated heterocycles. The van der Waals surface area contributed by atoms with Gasteiger partial charge in [-0.05, 0) is 27.9 Å². The van der Waals surface area contributed by atoms with E-state index in [9.17, 15) is 0 Å². The van der Waals surface area contributed by atoms with E-state index in [1.807, 2.05) is 18.5 Å². The summed E-state index contributed by atoms with van der Waals surface area (Å²) in [6.45, 7) is 9.75. The fourth-order valence-electron chi connectivity index (χ4n) is 1.33. The van der Waals surface area contributed by atoms with Crippen molar-refractivity contribution in [1.82, 2.24) is 14.5 Å². The minimum atomic E-state index is 0.102. The third-order valence-corrected chi connectivity index (χ3v) is 2.89. The minimum absolute atomic E-state index is 0.102. The van der Waals surface area contributed by atoms with Gasteiger partial charge < -0.3 is 14.8 Å². The Balaban J connectivity index is 2.73. The van der Waals surface area contributed by atoms with Gasteiger partial charge >= 0.3 is 0 Å². The van der Waals surface area contributed by atoms with E-state index in [0.29, 0.717) is 0 Å². The summed E-state index contributed by atoms with van der Waals surface area (Å²) in [5.41, 5.74) is 0.102. The molecule has 0 amide bonds. The van der Waals surface area contributed by atoms with Crippen LogP contribution in [0, 0.1) is 0 Å². The Morgan fingerprint density at radius 2 is 2.25 bits per heavy atom. The lowest BCUT2D eigenvalue weighted by Gasteiger charge is -2.33. The molecule has 1 aromatic heterocycles. The second-order valence-corrected chi connectivity index (χ2v) is 4.76. The van der Waals surface area contributed by atoms with Crippen LogP contribution in [0.4, 0.5) is 5.95 Å². The van der Waals surface area contributed by atoms with Gasteiger partial charge in [0.2, 0.25) is 5.95 Å². The van der Waals surface area contributed by atoms with Crippen molar-refractivity contribution in [3.8, 4) is 0 Å². The van der Waals surface area contributed by atoms with Crippen LogP contribution in [-0.4, -0.2) is 40.6 Å². The second-order valence-electron chi connectivity index (χ2n) is 4.76. The van der Waals surface area contributed by atoms with Crippen LogP contribution in [0.15, 0.2) is 25.0 Å². The van der Waals surface area contributed by atoms with Gasteiger partial charge in [0.15, 0.2) is 0 Å². The number of nitrogens with one attached hydrogen (secondary N) is 1. The Morgan fingerprint density at radius 1 is 1.56 bits per heavy atom. The third-order valence-electron chi connectivity index (χ3n) is 2.89. The maximum atomic E-state index is 4.28. The number of nitrogens with zero attached hydrogens (tertiary/aromatic N) is 3. The molecule has 0 aliphatic carbocycles. The smallest absolute Gasteiger partial charge is 0.203 e. The van der Waals surface area contributed by atoms with Crippen molar-refractivity contribution < 1.29 is 0 Å². The highest BCUT2D eigenvalue weighted by Crippen LogP contribution is 2.16. The first kappa shape index (κ1) is 12.8. The van der Waals surface area contributed by atoms with Crippen LogP contribution in [0.25, 0.3) is 0 Å². The molecule has 16 heavy (non-hydrogen) atoms. The van der Waals surface area contributed by atoms with Crippen molar-refractivity contribution in [2.45, 2.75) is 25.9 Å². The average Bonchev–Trinajstić information content (AvgIpc) is 2.61. The lowest BCUT2D eigenvalue weighted by molar-refractivity contribution is 0.170. The molecule has 1 heterocycles. The first-order valence-corrected chi connectivity index (χ1v) is 5.50. The van der Waals surface area contributed by atoms with Gasteiger partial charge in [0.1, 0.15) is 0 Å². The van der Waals surface area contributed by atoms with E-state index in [1.54, 1.807) is 0 Å². The molecule has 0 saturated carbocycles. The zero-order valence-corrected chi connectivity index (χ0v) is 10.7. The summed E-state index contributed by atoms with van der Waals surface area (Å²) in [5, 5.41) is 3.22. The van der Waals surface area contributed by atoms with Crippen molar-refractivity contribution in [1.29, 1.82) is 0 Å². The van der Waals surface area contributed by atoms with E-state index >= 15 is 0 Å². The van der Waals surface area contributed by atoms with Gasteiger partial charge in [-0.25, -0.2) is 4.98 Å². The quantitative estimate of drug-likeness (QED) is 0.745. The topological polar surface area (TPSA) is 33.1 Å². The Morgan fingerprint density at radius 3 is 2.81 bits per heavy atom. The highest BCUT2D eigenvalue weighted by molar-refractivity contribution is 5.27. The molecule has 0 aliphatic heterocycles. The molecule has 0 atom stereocenters. The molecule has 1 aromatic rings. The van der Waals surface area contributed by atoms with Crippen LogP contribution in [0.1, 0.15) is 13.8 Å². The van der Waals surface area contributed by atoms with E-state index < -0.39 is 0 Å². The number of likely N-dealkylation sites (N-methyl/N-ethyl adjacent to an activating group) is 1. The fourth-order valence-corrected chi connectivity index (χ4v) is 1.33. The molecule has 0 radical (unpaired) electrons. The largest absolute Gasteiger partial charge is 0.352 e. The van der Waals surface area contributed by atoms with Crippen LogP contribution < -0.4 is 5.32 Å². The first-order chi connectivity index (χ1) is 7.47. The van der Waals surface area contributed by atoms with E-state index in [4.69, 9.17) is 0 Å². The molecule has 0 unspecified atom stereocenters. The molecule has 4 heteroatoms. The third kappa shape index (κ3) is 3.10. The number of aromatic nitrogens is 2. The number of hydrogen-bond donors (Lipinski definition) is 1. The zero-order valence-electron chi connectivity index (χ0n) is 10.7. The molecule has 0 fully saturated rings. The second kappa shape index (κ2) is 5.16. The summed E-state index contributed by atoms with van der Waals surface area (Å²) in [6, 6.07) is 0. The highest BCUT2D eigenvalue weighted by atomic mass is 15.2. The van der Waals surface area contributed by atoms with Gasteiger partial charge in [-0.1, -0.05) is 6.08 Å². The number of anilines is 1. The van der Waals surface area contributed by atoms with E-state index in [-0.39, 0.29) is 5.54 Å². The monoisotopic (exact) mass is 222 g/mol. The van der Waals surface area contributed by atoms with Crippen molar-refractivity contribution >= 4 is 5.95 Å². The Bertz CT molecular complexity index is 339. The first-order valence-electron chi connectivity index (χ1n) is 5.50. The number of hydrogen-bond acceptors (Lipinski definition) is 3. The van der Waals surface area contributed by atoms with Crippen LogP contribution in [-0.2, 0) is 6.54 Å². The van der Waals surface area contributed by atoms with Crippen molar-refractivity contribution in [2.75, 3.05) is 26.0 Å². The molecular weight excluding hydrogens is 200 g/mol. The van der Waals surface area contributed by atoms with Crippen molar-refractivity contribution in [2.24, 2.45) is 0 Å². The SMILES string of the molecule is C=CCNc1nccn1CC(C)(C)N(C)C. The molecule has 1 rings (SSSR count). The molecule has 0 aromatic carbocycles. The van der Waals surface area contributed by atoms with Crippen LogP contribution >= 0.6 is 0 Å². The summed E-state index contributed by atoms with van der Waals surface area (Å²) >= 11 is 0. The van der Waals surface area contributed by atoms with Gasteiger partial charge in [-0.15, -0.1) is 6.58 Å². The minimum Gasteiger partial charge on any atom is -0.352 e. The standard InChI is InChI=1S/C12H22N4/c1-6-7-13-11-14-8-9-16(11)10-12(2,3)15(4)5/h6,8-9H,1,7,10H2,2-5H3,(H,13,14). The highest BCUT2D eigenvalue weighted by Gasteiger charge is 2.21. The van der Waals surface area contributed by atoms with Crippen LogP contribution in [0.3, 0.4) is 0 Å². The summed E-state index contributed by atoms with van der Waals surface area (Å²) in [4.78, 5) is 6.50. The van der Waals surface area contributed by atoms with Crippen molar-refractivity contribution in [3.05, 3.63) is 25.0 Å². The lowest BCUT2D eigenvalue weighted by atomic mass is 10.0.